The third kappa shape index (κ3) is 9.34. The Morgan fingerprint density at radius 3 is 1.32 bits per heavy atom. The first-order valence-electron chi connectivity index (χ1n) is 21.0. The second-order valence-corrected chi connectivity index (χ2v) is 22.1. The molecule has 0 saturated heterocycles. The van der Waals surface area contributed by atoms with Crippen LogP contribution in [0.1, 0.15) is 130 Å². The zero-order chi connectivity index (χ0) is 43.9. The van der Waals surface area contributed by atoms with Crippen LogP contribution >= 0.6 is 68.0 Å². The molecule has 1 aliphatic carbocycles. The monoisotopic (exact) mass is 924 g/mol. The maximum absolute atomic E-state index is 15.5. The highest BCUT2D eigenvalue weighted by molar-refractivity contribution is 7.27. The second kappa shape index (κ2) is 20.4. The minimum absolute atomic E-state index is 0.0500. The van der Waals surface area contributed by atoms with Gasteiger partial charge in [-0.3, -0.25) is 9.59 Å². The van der Waals surface area contributed by atoms with Crippen LogP contribution in [0.3, 0.4) is 0 Å². The number of ketones is 2. The van der Waals surface area contributed by atoms with Gasteiger partial charge < -0.3 is 0 Å². The van der Waals surface area contributed by atoms with Crippen molar-refractivity contribution >= 4 is 103 Å². The van der Waals surface area contributed by atoms with Gasteiger partial charge in [-0.15, -0.1) is 68.0 Å². The smallest absolute Gasteiger partial charge is 0.197 e. The summed E-state index contributed by atoms with van der Waals surface area (Å²) in [5, 5.41) is 37.6. The first-order valence-corrected chi connectivity index (χ1v) is 25.9. The molecule has 0 aliphatic heterocycles. The van der Waals surface area contributed by atoms with E-state index in [1.807, 2.05) is 72.8 Å². The molecule has 0 bridgehead atoms. The van der Waals surface area contributed by atoms with E-state index >= 15 is 9.59 Å². The van der Waals surface area contributed by atoms with Crippen molar-refractivity contribution in [2.45, 2.75) is 91.9 Å². The van der Waals surface area contributed by atoms with Crippen molar-refractivity contribution in [3.63, 3.8) is 0 Å². The van der Waals surface area contributed by atoms with Crippen LogP contribution in [0.15, 0.2) is 48.5 Å². The lowest BCUT2D eigenvalue weighted by atomic mass is 9.81. The molecule has 2 atom stereocenters. The number of thiophene rings is 6. The van der Waals surface area contributed by atoms with Crippen molar-refractivity contribution < 1.29 is 9.59 Å². The van der Waals surface area contributed by atoms with Crippen molar-refractivity contribution in [1.82, 2.24) is 0 Å². The zero-order valence-corrected chi connectivity index (χ0v) is 40.0. The summed E-state index contributed by atoms with van der Waals surface area (Å²) in [6.07, 6.45) is 14.4. The van der Waals surface area contributed by atoms with E-state index in [1.165, 1.54) is 34.0 Å². The summed E-state index contributed by atoms with van der Waals surface area (Å²) >= 11 is 9.11. The summed E-state index contributed by atoms with van der Waals surface area (Å²) in [6, 6.07) is 23.4. The number of carbonyl (C=O) groups is 2. The standard InChI is InChI=1S/C50H44N4O2S6/c1-5-9-11-29(7-3)21-41-43-44(42(61-41)22-30(8-4)12-10-6-2)48(56)46-45(47(43)55)49(39-19-15-35(59-39)23-33-13-17-37(57-33)31(25-51)26-52)62-50(46)40-20-16-36(60-40)24-34-14-18-38(58-34)32(27-53)28-54/h13-20,23-24,29-30H,5-12,21-22H2,1-4H3/b33-23+,34-24+. The Kier molecular flexibility index (Phi) is 14.8. The molecule has 6 heterocycles. The molecule has 12 heteroatoms. The summed E-state index contributed by atoms with van der Waals surface area (Å²) in [7, 11) is 0. The molecule has 0 radical (unpaired) electrons. The van der Waals surface area contributed by atoms with E-state index in [0.29, 0.717) is 43.2 Å². The fraction of sp³-hybridized carbons (Fsp3) is 0.320. The van der Waals surface area contributed by atoms with Crippen molar-refractivity contribution in [3.05, 3.63) is 108 Å². The van der Waals surface area contributed by atoms with E-state index in [4.69, 9.17) is 0 Å². The Morgan fingerprint density at radius 1 is 0.532 bits per heavy atom. The lowest BCUT2D eigenvalue weighted by Gasteiger charge is -2.19. The number of nitriles is 4. The molecule has 1 aliphatic rings. The number of hydrogen-bond donors (Lipinski definition) is 0. The lowest BCUT2D eigenvalue weighted by Crippen LogP contribution is -2.22. The van der Waals surface area contributed by atoms with Gasteiger partial charge in [0.2, 0.25) is 0 Å². The highest BCUT2D eigenvalue weighted by Crippen LogP contribution is 2.52. The normalized spacial score (nSPS) is 13.5. The minimum atomic E-state index is -0.0500. The van der Waals surface area contributed by atoms with Gasteiger partial charge in [0, 0.05) is 49.5 Å². The third-order valence-electron chi connectivity index (χ3n) is 11.4. The van der Waals surface area contributed by atoms with Gasteiger partial charge >= 0.3 is 0 Å². The molecule has 6 nitrogen and oxygen atoms in total. The summed E-state index contributed by atoms with van der Waals surface area (Å²) in [5.74, 6) is 0.765. The Balaban J connectivity index is 1.40. The van der Waals surface area contributed by atoms with Crippen molar-refractivity contribution in [2.75, 3.05) is 0 Å². The molecule has 0 N–H and O–H groups in total. The van der Waals surface area contributed by atoms with Gasteiger partial charge in [-0.05, 0) is 85.4 Å². The fourth-order valence-corrected chi connectivity index (χ4v) is 14.9. The Labute approximate surface area is 386 Å². The molecule has 0 saturated carbocycles. The molecule has 2 unspecified atom stereocenters. The van der Waals surface area contributed by atoms with Gasteiger partial charge in [0.1, 0.15) is 35.4 Å². The van der Waals surface area contributed by atoms with Crippen LogP contribution in [0.5, 0.6) is 0 Å². The summed E-state index contributed by atoms with van der Waals surface area (Å²) in [4.78, 5) is 38.4. The number of unbranched alkanes of at least 4 members (excludes halogenated alkanes) is 2. The van der Waals surface area contributed by atoms with Crippen LogP contribution in [0.2, 0.25) is 0 Å². The molecular formula is C50H44N4O2S6. The lowest BCUT2D eigenvalue weighted by molar-refractivity contribution is 0.0980. The van der Waals surface area contributed by atoms with Crippen LogP contribution in [0.25, 0.3) is 42.8 Å². The zero-order valence-electron chi connectivity index (χ0n) is 35.1. The van der Waals surface area contributed by atoms with Crippen LogP contribution in [-0.4, -0.2) is 11.6 Å². The van der Waals surface area contributed by atoms with E-state index in [-0.39, 0.29) is 22.7 Å². The first kappa shape index (κ1) is 45.0. The number of carbonyl (C=O) groups excluding carboxylic acids is 2. The van der Waals surface area contributed by atoms with E-state index in [9.17, 15) is 21.0 Å². The molecule has 0 aromatic carbocycles. The topological polar surface area (TPSA) is 129 Å². The number of nitrogens with zero attached hydrogens (tertiary/aromatic N) is 4. The largest absolute Gasteiger partial charge is 0.288 e. The maximum atomic E-state index is 15.5. The highest BCUT2D eigenvalue weighted by atomic mass is 32.1. The molecule has 0 spiro atoms. The predicted octanol–water partition coefficient (Wildman–Crippen LogP) is 11.7. The van der Waals surface area contributed by atoms with Gasteiger partial charge in [-0.25, -0.2) is 0 Å². The average Bonchev–Trinajstić information content (AvgIpc) is 4.15. The highest BCUT2D eigenvalue weighted by Gasteiger charge is 2.42. The van der Waals surface area contributed by atoms with Crippen LogP contribution in [0.4, 0.5) is 0 Å². The number of rotatable bonds is 16. The number of fused-ring (bicyclic) bond motifs is 2. The van der Waals surface area contributed by atoms with Crippen LogP contribution in [0, 0.1) is 57.2 Å². The van der Waals surface area contributed by atoms with Crippen LogP contribution in [-0.2, 0) is 12.8 Å². The van der Waals surface area contributed by atoms with Crippen molar-refractivity contribution in [1.29, 1.82) is 21.0 Å². The Morgan fingerprint density at radius 2 is 0.952 bits per heavy atom. The van der Waals surface area contributed by atoms with E-state index in [0.717, 1.165) is 112 Å². The first-order chi connectivity index (χ1) is 30.2. The molecule has 62 heavy (non-hydrogen) atoms. The third-order valence-corrected chi connectivity index (χ3v) is 18.3. The summed E-state index contributed by atoms with van der Waals surface area (Å²) < 4.78 is 3.06. The van der Waals surface area contributed by atoms with E-state index < -0.39 is 0 Å². The second-order valence-electron chi connectivity index (χ2n) is 15.4. The van der Waals surface area contributed by atoms with Gasteiger partial charge in [0.25, 0.3) is 0 Å². The Bertz CT molecular complexity index is 2860. The number of hydrogen-bond acceptors (Lipinski definition) is 12. The van der Waals surface area contributed by atoms with Crippen molar-refractivity contribution in [2.24, 2.45) is 11.8 Å². The summed E-state index contributed by atoms with van der Waals surface area (Å²) in [5.41, 5.74) is 2.42. The van der Waals surface area contributed by atoms with Gasteiger partial charge in [-0.1, -0.05) is 79.1 Å². The molecule has 0 amide bonds. The molecule has 312 valence electrons. The van der Waals surface area contributed by atoms with Crippen molar-refractivity contribution in [3.8, 4) is 43.8 Å². The van der Waals surface area contributed by atoms with E-state index in [1.54, 1.807) is 46.1 Å². The van der Waals surface area contributed by atoms with Gasteiger partial charge in [0.05, 0.1) is 29.9 Å². The summed E-state index contributed by atoms with van der Waals surface area (Å²) in [6.45, 7) is 8.90. The average molecular weight is 925 g/mol. The molecule has 7 rings (SSSR count). The maximum Gasteiger partial charge on any atom is 0.197 e. The molecule has 0 fully saturated rings. The van der Waals surface area contributed by atoms with Gasteiger partial charge in [-0.2, -0.15) is 21.0 Å². The van der Waals surface area contributed by atoms with Gasteiger partial charge in [0.15, 0.2) is 11.6 Å². The minimum Gasteiger partial charge on any atom is -0.288 e. The molecule has 6 aromatic heterocycles. The van der Waals surface area contributed by atoms with E-state index in [2.05, 4.69) is 27.7 Å². The van der Waals surface area contributed by atoms with Crippen LogP contribution < -0.4 is 18.1 Å². The molecule has 6 aromatic rings. The predicted molar refractivity (Wildman–Crippen MR) is 260 cm³/mol. The Hall–Kier alpha value is -5.02. The quantitative estimate of drug-likeness (QED) is 0.0949. The SMILES string of the molecule is CCCCC(CC)Cc1sc(CC(CC)CCCC)c2c1C(=O)c1c(-c3ccc(/C=c4\ccc(=C(C#N)C#N)s4)s3)sc(-c3ccc(/C=c4\ccc(=C(C#N)C#N)s4)s3)c1C2=O. The molecular weight excluding hydrogens is 881 g/mol. The fourth-order valence-electron chi connectivity index (χ4n) is 7.96.